The molecule has 0 bridgehead atoms. The van der Waals surface area contributed by atoms with Gasteiger partial charge < -0.3 is 14.7 Å². The third-order valence-corrected chi connectivity index (χ3v) is 2.69. The molecule has 7 nitrogen and oxygen atoms in total. The molecule has 0 radical (unpaired) electrons. The molecule has 0 saturated heterocycles. The number of nitrogens with zero attached hydrogens (tertiary/aromatic N) is 2. The van der Waals surface area contributed by atoms with E-state index in [0.717, 1.165) is 12.3 Å². The maximum Gasteiger partial charge on any atom is 0.325 e. The first-order valence-corrected chi connectivity index (χ1v) is 5.78. The van der Waals surface area contributed by atoms with Gasteiger partial charge in [0.1, 0.15) is 17.6 Å². The highest BCUT2D eigenvalue weighted by molar-refractivity contribution is 6.28. The molecular formula is C12H9ClN2O5. The highest BCUT2D eigenvalue weighted by Gasteiger charge is 2.23. The van der Waals surface area contributed by atoms with Crippen LogP contribution in [0.25, 0.3) is 0 Å². The molecule has 0 atom stereocenters. The van der Waals surface area contributed by atoms with Crippen molar-refractivity contribution in [1.29, 1.82) is 0 Å². The lowest BCUT2D eigenvalue weighted by atomic mass is 10.3. The van der Waals surface area contributed by atoms with Crippen molar-refractivity contribution in [1.82, 2.24) is 0 Å². The fourth-order valence-electron chi connectivity index (χ4n) is 1.49. The number of pyridine rings is 1. The summed E-state index contributed by atoms with van der Waals surface area (Å²) < 4.78 is 10.6. The van der Waals surface area contributed by atoms with Crippen molar-refractivity contribution in [3.05, 3.63) is 57.0 Å². The van der Waals surface area contributed by atoms with E-state index in [1.165, 1.54) is 13.2 Å². The number of halogens is 1. The van der Waals surface area contributed by atoms with E-state index in [-0.39, 0.29) is 15.6 Å². The van der Waals surface area contributed by atoms with Crippen LogP contribution >= 0.6 is 11.6 Å². The van der Waals surface area contributed by atoms with Crippen LogP contribution < -0.4 is 14.2 Å². The van der Waals surface area contributed by atoms with E-state index < -0.39 is 10.6 Å². The topological polar surface area (TPSA) is 88.5 Å². The highest BCUT2D eigenvalue weighted by Crippen LogP contribution is 2.32. The number of methoxy groups -OCH3 is 1. The summed E-state index contributed by atoms with van der Waals surface area (Å²) >= 11 is 5.55. The quantitative estimate of drug-likeness (QED) is 0.284. The summed E-state index contributed by atoms with van der Waals surface area (Å²) in [5.74, 6) is 0.617. The van der Waals surface area contributed by atoms with E-state index >= 15 is 0 Å². The van der Waals surface area contributed by atoms with Gasteiger partial charge >= 0.3 is 5.69 Å². The molecule has 2 rings (SSSR count). The smallest absolute Gasteiger partial charge is 0.325 e. The lowest BCUT2D eigenvalue weighted by Crippen LogP contribution is -2.27. The normalized spacial score (nSPS) is 10.1. The molecule has 0 amide bonds. The molecule has 2 aromatic rings. The lowest BCUT2D eigenvalue weighted by molar-refractivity contribution is -0.604. The molecule has 0 fully saturated rings. The monoisotopic (exact) mass is 296 g/mol. The van der Waals surface area contributed by atoms with E-state index in [1.54, 1.807) is 18.2 Å². The van der Waals surface area contributed by atoms with Crippen LogP contribution in [0.4, 0.5) is 5.69 Å². The summed E-state index contributed by atoms with van der Waals surface area (Å²) in [5, 5.41) is 22.0. The van der Waals surface area contributed by atoms with E-state index in [1.807, 2.05) is 0 Å². The zero-order valence-corrected chi connectivity index (χ0v) is 11.0. The Kier molecular flexibility index (Phi) is 3.90. The molecule has 0 aliphatic rings. The minimum absolute atomic E-state index is 0.206. The van der Waals surface area contributed by atoms with Crippen LogP contribution in [0.15, 0.2) is 36.5 Å². The fourth-order valence-corrected chi connectivity index (χ4v) is 1.65. The zero-order chi connectivity index (χ0) is 14.7. The summed E-state index contributed by atoms with van der Waals surface area (Å²) in [4.78, 5) is 10.3. The molecule has 8 heteroatoms. The maximum absolute atomic E-state index is 11.4. The number of rotatable bonds is 4. The average molecular weight is 297 g/mol. The van der Waals surface area contributed by atoms with Crippen molar-refractivity contribution < 1.29 is 19.1 Å². The number of aromatic nitrogens is 1. The van der Waals surface area contributed by atoms with Gasteiger partial charge in [0.2, 0.25) is 6.20 Å². The molecule has 1 aromatic carbocycles. The molecule has 0 aliphatic heterocycles. The van der Waals surface area contributed by atoms with E-state index in [4.69, 9.17) is 21.1 Å². The standard InChI is InChI=1S/C12H9ClN2O5/c1-19-8-3-2-4-9(5-8)20-11-7-14(16)12(13)6-10(11)15(17)18/h2-7H,1H3. The SMILES string of the molecule is COc1cccc(Oc2c[n+]([O-])c(Cl)cc2[N+](=O)[O-])c1. The number of nitro groups is 1. The summed E-state index contributed by atoms with van der Waals surface area (Å²) in [7, 11) is 1.48. The van der Waals surface area contributed by atoms with Gasteiger partial charge in [0, 0.05) is 6.07 Å². The molecule has 104 valence electrons. The van der Waals surface area contributed by atoms with Crippen molar-refractivity contribution in [2.24, 2.45) is 0 Å². The number of hydrogen-bond donors (Lipinski definition) is 0. The van der Waals surface area contributed by atoms with E-state index in [9.17, 15) is 15.3 Å². The Bertz CT molecular complexity index is 662. The number of hydrogen-bond acceptors (Lipinski definition) is 5. The van der Waals surface area contributed by atoms with Crippen molar-refractivity contribution in [3.63, 3.8) is 0 Å². The molecule has 20 heavy (non-hydrogen) atoms. The fraction of sp³-hybridized carbons (Fsp3) is 0.0833. The van der Waals surface area contributed by atoms with Crippen molar-refractivity contribution in [2.75, 3.05) is 7.11 Å². The van der Waals surface area contributed by atoms with Crippen molar-refractivity contribution in [2.45, 2.75) is 0 Å². The molecule has 0 unspecified atom stereocenters. The predicted molar refractivity (Wildman–Crippen MR) is 70.1 cm³/mol. The Hall–Kier alpha value is -2.54. The van der Waals surface area contributed by atoms with Gasteiger partial charge in [-0.3, -0.25) is 10.1 Å². The van der Waals surface area contributed by atoms with Crippen LogP contribution in [0, 0.1) is 15.3 Å². The van der Waals surface area contributed by atoms with Gasteiger partial charge in [-0.1, -0.05) is 6.07 Å². The van der Waals surface area contributed by atoms with Crippen LogP contribution in [0.1, 0.15) is 0 Å². The molecule has 0 aliphatic carbocycles. The Morgan fingerprint density at radius 1 is 1.30 bits per heavy atom. The third-order valence-electron chi connectivity index (χ3n) is 2.42. The Labute approximate surface area is 118 Å². The third kappa shape index (κ3) is 2.89. The van der Waals surface area contributed by atoms with Crippen LogP contribution in [-0.2, 0) is 0 Å². The van der Waals surface area contributed by atoms with Gasteiger partial charge in [-0.25, -0.2) is 0 Å². The van der Waals surface area contributed by atoms with Gasteiger partial charge in [0.15, 0.2) is 0 Å². The summed E-state index contributed by atoms with van der Waals surface area (Å²) in [6.45, 7) is 0. The second kappa shape index (κ2) is 5.62. The Morgan fingerprint density at radius 2 is 2.00 bits per heavy atom. The summed E-state index contributed by atoms with van der Waals surface area (Å²) in [6, 6.07) is 7.39. The van der Waals surface area contributed by atoms with Crippen molar-refractivity contribution in [3.8, 4) is 17.2 Å². The molecule has 0 N–H and O–H groups in total. The van der Waals surface area contributed by atoms with Crippen LogP contribution in [0.5, 0.6) is 17.2 Å². The van der Waals surface area contributed by atoms with Crippen LogP contribution in [0.3, 0.4) is 0 Å². The van der Waals surface area contributed by atoms with Crippen LogP contribution in [0.2, 0.25) is 5.15 Å². The largest absolute Gasteiger partial charge is 0.618 e. The zero-order valence-electron chi connectivity index (χ0n) is 10.3. The molecule has 0 spiro atoms. The van der Waals surface area contributed by atoms with Gasteiger partial charge in [0.25, 0.3) is 10.9 Å². The van der Waals surface area contributed by atoms with E-state index in [2.05, 4.69) is 0 Å². The maximum atomic E-state index is 11.4. The minimum atomic E-state index is -0.679. The van der Waals surface area contributed by atoms with Crippen LogP contribution in [-0.4, -0.2) is 12.0 Å². The van der Waals surface area contributed by atoms with Crippen molar-refractivity contribution >= 4 is 17.3 Å². The number of ether oxygens (including phenoxy) is 2. The molecule has 1 heterocycles. The Balaban J connectivity index is 2.41. The first kappa shape index (κ1) is 13.9. The average Bonchev–Trinajstić information content (AvgIpc) is 2.42. The minimum Gasteiger partial charge on any atom is -0.618 e. The van der Waals surface area contributed by atoms with Gasteiger partial charge in [-0.2, -0.15) is 4.73 Å². The molecule has 0 saturated carbocycles. The van der Waals surface area contributed by atoms with Gasteiger partial charge in [-0.15, -0.1) is 0 Å². The second-order valence-electron chi connectivity index (χ2n) is 3.71. The molecular weight excluding hydrogens is 288 g/mol. The lowest BCUT2D eigenvalue weighted by Gasteiger charge is -2.07. The number of benzene rings is 1. The van der Waals surface area contributed by atoms with Gasteiger partial charge in [0.05, 0.1) is 12.0 Å². The predicted octanol–water partition coefficient (Wildman–Crippen LogP) is 2.68. The first-order chi connectivity index (χ1) is 9.51. The first-order valence-electron chi connectivity index (χ1n) is 5.40. The highest BCUT2D eigenvalue weighted by atomic mass is 35.5. The second-order valence-corrected chi connectivity index (χ2v) is 4.10. The van der Waals surface area contributed by atoms with E-state index in [0.29, 0.717) is 11.5 Å². The summed E-state index contributed by atoms with van der Waals surface area (Å²) in [6.07, 6.45) is 0.903. The molecule has 1 aromatic heterocycles. The summed E-state index contributed by atoms with van der Waals surface area (Å²) in [5.41, 5.74) is -0.398. The Morgan fingerprint density at radius 3 is 2.65 bits per heavy atom. The van der Waals surface area contributed by atoms with Gasteiger partial charge in [-0.05, 0) is 23.7 Å².